The molecule has 1 aromatic rings. The topological polar surface area (TPSA) is 59.3 Å². The number of hydrogen-bond donors (Lipinski definition) is 2. The highest BCUT2D eigenvalue weighted by atomic mass is 19.1. The molecule has 112 valence electrons. The van der Waals surface area contributed by atoms with Gasteiger partial charge in [-0.2, -0.15) is 5.26 Å². The Kier molecular flexibility index (Phi) is 5.32. The predicted octanol–water partition coefficient (Wildman–Crippen LogP) is 2.32. The molecule has 0 spiro atoms. The van der Waals surface area contributed by atoms with Gasteiger partial charge in [-0.1, -0.05) is 6.08 Å². The maximum Gasteiger partial charge on any atom is 0.165 e. The Bertz CT molecular complexity index is 547. The fraction of sp³-hybridized carbons (Fsp3) is 0.438. The van der Waals surface area contributed by atoms with Gasteiger partial charge in [0, 0.05) is 37.8 Å². The van der Waals surface area contributed by atoms with Crippen LogP contribution in [0.15, 0.2) is 24.8 Å². The van der Waals surface area contributed by atoms with Crippen LogP contribution in [0.2, 0.25) is 0 Å². The van der Waals surface area contributed by atoms with Gasteiger partial charge >= 0.3 is 0 Å². The quantitative estimate of drug-likeness (QED) is 0.817. The van der Waals surface area contributed by atoms with Gasteiger partial charge in [0.05, 0.1) is 11.6 Å². The second kappa shape index (κ2) is 7.21. The fourth-order valence-electron chi connectivity index (χ4n) is 2.80. The van der Waals surface area contributed by atoms with Crippen LogP contribution in [0.4, 0.5) is 4.39 Å². The zero-order valence-electron chi connectivity index (χ0n) is 12.0. The van der Waals surface area contributed by atoms with Crippen molar-refractivity contribution in [3.63, 3.8) is 0 Å². The van der Waals surface area contributed by atoms with Gasteiger partial charge in [-0.15, -0.1) is 6.58 Å². The summed E-state index contributed by atoms with van der Waals surface area (Å²) < 4.78 is 13.7. The van der Waals surface area contributed by atoms with E-state index in [0.717, 1.165) is 38.7 Å². The van der Waals surface area contributed by atoms with Crippen LogP contribution in [0.3, 0.4) is 0 Å². The molecule has 1 aliphatic rings. The number of hydrogen-bond acceptors (Lipinski definition) is 4. The SMILES string of the molecule is C=CCC[C@H](c1c(C#N)ccc(F)c1O)N1CCNCC1. The van der Waals surface area contributed by atoms with Crippen LogP contribution in [0.5, 0.6) is 5.75 Å². The fourth-order valence-corrected chi connectivity index (χ4v) is 2.80. The number of rotatable bonds is 5. The van der Waals surface area contributed by atoms with Crippen molar-refractivity contribution in [1.82, 2.24) is 10.2 Å². The Morgan fingerprint density at radius 2 is 2.19 bits per heavy atom. The number of phenols is 1. The first-order valence-corrected chi connectivity index (χ1v) is 7.16. The van der Waals surface area contributed by atoms with Crippen molar-refractivity contribution in [3.05, 3.63) is 41.7 Å². The van der Waals surface area contributed by atoms with Crippen LogP contribution in [0.25, 0.3) is 0 Å². The Morgan fingerprint density at radius 1 is 1.48 bits per heavy atom. The molecule has 0 aromatic heterocycles. The lowest BCUT2D eigenvalue weighted by atomic mass is 9.94. The highest BCUT2D eigenvalue weighted by Crippen LogP contribution is 2.36. The van der Waals surface area contributed by atoms with Gasteiger partial charge in [-0.25, -0.2) is 4.39 Å². The van der Waals surface area contributed by atoms with Gasteiger partial charge in [0.2, 0.25) is 0 Å². The van der Waals surface area contributed by atoms with Gasteiger partial charge in [-0.05, 0) is 25.0 Å². The van der Waals surface area contributed by atoms with Crippen LogP contribution >= 0.6 is 0 Å². The van der Waals surface area contributed by atoms with Crippen LogP contribution in [-0.4, -0.2) is 36.2 Å². The van der Waals surface area contributed by atoms with E-state index in [1.807, 2.05) is 0 Å². The van der Waals surface area contributed by atoms with Gasteiger partial charge in [-0.3, -0.25) is 4.90 Å². The van der Waals surface area contributed by atoms with E-state index in [0.29, 0.717) is 17.5 Å². The number of allylic oxidation sites excluding steroid dienone is 1. The van der Waals surface area contributed by atoms with E-state index in [1.54, 1.807) is 6.08 Å². The van der Waals surface area contributed by atoms with E-state index in [-0.39, 0.29) is 6.04 Å². The highest BCUT2D eigenvalue weighted by molar-refractivity contribution is 5.48. The third kappa shape index (κ3) is 3.41. The molecular weight excluding hydrogens is 269 g/mol. The lowest BCUT2D eigenvalue weighted by molar-refractivity contribution is 0.163. The maximum absolute atomic E-state index is 13.7. The van der Waals surface area contributed by atoms with Crippen molar-refractivity contribution in [3.8, 4) is 11.8 Å². The molecule has 0 amide bonds. The molecule has 2 N–H and O–H groups in total. The number of benzene rings is 1. The first-order chi connectivity index (χ1) is 10.2. The summed E-state index contributed by atoms with van der Waals surface area (Å²) in [6, 6.07) is 4.47. The maximum atomic E-state index is 13.7. The first kappa shape index (κ1) is 15.5. The monoisotopic (exact) mass is 289 g/mol. The minimum Gasteiger partial charge on any atom is -0.505 e. The summed E-state index contributed by atoms with van der Waals surface area (Å²) in [5.41, 5.74) is 0.739. The van der Waals surface area contributed by atoms with Gasteiger partial charge < -0.3 is 10.4 Å². The lowest BCUT2D eigenvalue weighted by Crippen LogP contribution is -2.45. The molecular formula is C16H20FN3O. The third-order valence-corrected chi connectivity index (χ3v) is 3.86. The minimum absolute atomic E-state index is 0.171. The molecule has 5 heteroatoms. The van der Waals surface area contributed by atoms with Gasteiger partial charge in [0.15, 0.2) is 11.6 Å². The molecule has 1 heterocycles. The third-order valence-electron chi connectivity index (χ3n) is 3.86. The molecule has 0 saturated carbocycles. The second-order valence-corrected chi connectivity index (χ2v) is 5.14. The lowest BCUT2D eigenvalue weighted by Gasteiger charge is -2.35. The van der Waals surface area contributed by atoms with Crippen LogP contribution in [0.1, 0.15) is 30.0 Å². The van der Waals surface area contributed by atoms with E-state index in [2.05, 4.69) is 22.9 Å². The average Bonchev–Trinajstić information content (AvgIpc) is 2.52. The second-order valence-electron chi connectivity index (χ2n) is 5.14. The number of phenolic OH excluding ortho intramolecular Hbond substituents is 1. The van der Waals surface area contributed by atoms with Crippen molar-refractivity contribution < 1.29 is 9.50 Å². The van der Waals surface area contributed by atoms with E-state index in [1.165, 1.54) is 6.07 Å². The zero-order chi connectivity index (χ0) is 15.2. The van der Waals surface area contributed by atoms with Crippen LogP contribution < -0.4 is 5.32 Å². The van der Waals surface area contributed by atoms with Crippen LogP contribution in [-0.2, 0) is 0 Å². The summed E-state index contributed by atoms with van der Waals surface area (Å²) in [5, 5.41) is 22.7. The van der Waals surface area contributed by atoms with Gasteiger partial charge in [0.25, 0.3) is 0 Å². The standard InChI is InChI=1S/C16H20FN3O/c1-2-3-4-14(20-9-7-19-8-10-20)15-12(11-18)5-6-13(17)16(15)21/h2,5-6,14,19,21H,1,3-4,7-10H2/t14-/m1/s1. The molecule has 0 bridgehead atoms. The highest BCUT2D eigenvalue weighted by Gasteiger charge is 2.27. The van der Waals surface area contributed by atoms with Crippen molar-refractivity contribution in [2.24, 2.45) is 0 Å². The molecule has 1 saturated heterocycles. The number of nitrogens with zero attached hydrogens (tertiary/aromatic N) is 2. The number of piperazine rings is 1. The summed E-state index contributed by atoms with van der Waals surface area (Å²) in [7, 11) is 0. The molecule has 4 nitrogen and oxygen atoms in total. The van der Waals surface area contributed by atoms with E-state index >= 15 is 0 Å². The number of nitriles is 1. The summed E-state index contributed by atoms with van der Waals surface area (Å²) in [4.78, 5) is 2.19. The first-order valence-electron chi connectivity index (χ1n) is 7.16. The van der Waals surface area contributed by atoms with Crippen molar-refractivity contribution in [1.29, 1.82) is 5.26 Å². The molecule has 2 rings (SSSR count). The van der Waals surface area contributed by atoms with Crippen molar-refractivity contribution >= 4 is 0 Å². The molecule has 1 aromatic carbocycles. The zero-order valence-corrected chi connectivity index (χ0v) is 12.0. The molecule has 1 fully saturated rings. The number of aromatic hydroxyl groups is 1. The molecule has 1 atom stereocenters. The molecule has 0 aliphatic carbocycles. The van der Waals surface area contributed by atoms with Crippen LogP contribution in [0, 0.1) is 17.1 Å². The van der Waals surface area contributed by atoms with Crippen molar-refractivity contribution in [2.75, 3.05) is 26.2 Å². The largest absolute Gasteiger partial charge is 0.505 e. The Hall–Kier alpha value is -1.90. The normalized spacial score (nSPS) is 17.1. The van der Waals surface area contributed by atoms with E-state index in [4.69, 9.17) is 0 Å². The number of nitrogens with one attached hydrogen (secondary N) is 1. The minimum atomic E-state index is -0.678. The summed E-state index contributed by atoms with van der Waals surface area (Å²) >= 11 is 0. The van der Waals surface area contributed by atoms with E-state index < -0.39 is 11.6 Å². The summed E-state index contributed by atoms with van der Waals surface area (Å²) in [6.45, 7) is 7.04. The summed E-state index contributed by atoms with van der Waals surface area (Å²) in [6.07, 6.45) is 3.25. The Balaban J connectivity index is 2.42. The molecule has 1 aliphatic heterocycles. The Morgan fingerprint density at radius 3 is 2.81 bits per heavy atom. The van der Waals surface area contributed by atoms with Gasteiger partial charge in [0.1, 0.15) is 0 Å². The van der Waals surface area contributed by atoms with Crippen molar-refractivity contribution in [2.45, 2.75) is 18.9 Å². The predicted molar refractivity (Wildman–Crippen MR) is 79.4 cm³/mol. The number of halogens is 1. The molecule has 21 heavy (non-hydrogen) atoms. The smallest absolute Gasteiger partial charge is 0.165 e. The molecule has 0 radical (unpaired) electrons. The van der Waals surface area contributed by atoms with E-state index in [9.17, 15) is 14.8 Å². The average molecular weight is 289 g/mol. The summed E-state index contributed by atoms with van der Waals surface area (Å²) in [5.74, 6) is -1.08. The Labute approximate surface area is 124 Å². The molecule has 0 unspecified atom stereocenters.